The van der Waals surface area contributed by atoms with Crippen LogP contribution >= 0.6 is 0 Å². The average molecular weight is 182 g/mol. The summed E-state index contributed by atoms with van der Waals surface area (Å²) in [5.41, 5.74) is 0. The lowest BCUT2D eigenvalue weighted by Gasteiger charge is -2.33. The van der Waals surface area contributed by atoms with E-state index in [1.165, 1.54) is 0 Å². The largest absolute Gasteiger partial charge is 0.379 e. The topological polar surface area (TPSA) is 36.3 Å². The zero-order valence-electron chi connectivity index (χ0n) is 8.49. The predicted molar refractivity (Wildman–Crippen MR) is 51.2 cm³/mol. The fourth-order valence-electron chi connectivity index (χ4n) is 1.65. The lowest BCUT2D eigenvalue weighted by atomic mass is 9.98. The number of hydrogen-bond acceptors (Lipinski definition) is 3. The Morgan fingerprint density at radius 1 is 1.46 bits per heavy atom. The van der Waals surface area contributed by atoms with E-state index < -0.39 is 0 Å². The van der Waals surface area contributed by atoms with Crippen molar-refractivity contribution in [1.82, 2.24) is 4.90 Å². The molecule has 2 unspecified atom stereocenters. The summed E-state index contributed by atoms with van der Waals surface area (Å²) in [5.74, 6) is 0.461. The molecule has 0 aromatic rings. The average Bonchev–Trinajstić information content (AvgIpc) is 2.20. The highest BCUT2D eigenvalue weighted by molar-refractivity contribution is 4.95. The molecule has 0 aromatic heterocycles. The van der Waals surface area contributed by atoms with E-state index in [9.17, 15) is 0 Å². The molecular weight excluding hydrogens is 164 g/mol. The molecule has 3 nitrogen and oxygen atoms in total. The molecule has 0 radical (unpaired) electrons. The Kier molecular flexibility index (Phi) is 4.20. The van der Waals surface area contributed by atoms with Crippen molar-refractivity contribution >= 4 is 0 Å². The van der Waals surface area contributed by atoms with Gasteiger partial charge in [-0.3, -0.25) is 4.90 Å². The quantitative estimate of drug-likeness (QED) is 0.659. The molecule has 0 amide bonds. The van der Waals surface area contributed by atoms with Crippen LogP contribution in [0.15, 0.2) is 0 Å². The van der Waals surface area contributed by atoms with Gasteiger partial charge in [-0.05, 0) is 5.92 Å². The van der Waals surface area contributed by atoms with Gasteiger partial charge in [0.05, 0.1) is 19.3 Å². The van der Waals surface area contributed by atoms with Crippen molar-refractivity contribution < 1.29 is 4.74 Å². The molecule has 74 valence electrons. The van der Waals surface area contributed by atoms with Crippen molar-refractivity contribution in [3.8, 4) is 6.07 Å². The van der Waals surface area contributed by atoms with E-state index in [1.54, 1.807) is 0 Å². The molecule has 0 spiro atoms. The SMILES string of the molecule is CCC(C)C(C#N)N1CCOCC1. The first-order valence-electron chi connectivity index (χ1n) is 5.01. The highest BCUT2D eigenvalue weighted by Crippen LogP contribution is 2.15. The highest BCUT2D eigenvalue weighted by Gasteiger charge is 2.24. The Morgan fingerprint density at radius 2 is 2.08 bits per heavy atom. The van der Waals surface area contributed by atoms with E-state index in [4.69, 9.17) is 10.00 Å². The maximum absolute atomic E-state index is 9.05. The van der Waals surface area contributed by atoms with Crippen LogP contribution < -0.4 is 0 Å². The predicted octanol–water partition coefficient (Wildman–Crippen LogP) is 1.26. The minimum atomic E-state index is 0.0777. The van der Waals surface area contributed by atoms with Gasteiger partial charge in [-0.25, -0.2) is 0 Å². The van der Waals surface area contributed by atoms with E-state index in [1.807, 2.05) is 0 Å². The third-order valence-electron chi connectivity index (χ3n) is 2.75. The second kappa shape index (κ2) is 5.21. The second-order valence-electron chi connectivity index (χ2n) is 3.61. The summed E-state index contributed by atoms with van der Waals surface area (Å²) in [7, 11) is 0. The lowest BCUT2D eigenvalue weighted by Crippen LogP contribution is -2.45. The molecule has 1 heterocycles. The summed E-state index contributed by atoms with van der Waals surface area (Å²) < 4.78 is 5.26. The molecule has 0 saturated carbocycles. The van der Waals surface area contributed by atoms with Crippen LogP contribution in [0.1, 0.15) is 20.3 Å². The highest BCUT2D eigenvalue weighted by atomic mass is 16.5. The smallest absolute Gasteiger partial charge is 0.100 e. The van der Waals surface area contributed by atoms with E-state index in [0.717, 1.165) is 32.7 Å². The Hall–Kier alpha value is -0.590. The van der Waals surface area contributed by atoms with Crippen LogP contribution in [-0.4, -0.2) is 37.2 Å². The maximum Gasteiger partial charge on any atom is 0.100 e. The van der Waals surface area contributed by atoms with Gasteiger partial charge in [-0.15, -0.1) is 0 Å². The molecule has 13 heavy (non-hydrogen) atoms. The second-order valence-corrected chi connectivity index (χ2v) is 3.61. The molecule has 1 aliphatic rings. The zero-order valence-corrected chi connectivity index (χ0v) is 8.49. The van der Waals surface area contributed by atoms with Crippen molar-refractivity contribution in [3.05, 3.63) is 0 Å². The molecule has 0 aliphatic carbocycles. The molecule has 1 rings (SSSR count). The van der Waals surface area contributed by atoms with Crippen LogP contribution in [-0.2, 0) is 4.74 Å². The van der Waals surface area contributed by atoms with Crippen LogP contribution in [0.3, 0.4) is 0 Å². The molecule has 1 saturated heterocycles. The number of nitrogens with zero attached hydrogens (tertiary/aromatic N) is 2. The van der Waals surface area contributed by atoms with Crippen LogP contribution in [0.5, 0.6) is 0 Å². The molecule has 0 N–H and O–H groups in total. The summed E-state index contributed by atoms with van der Waals surface area (Å²) >= 11 is 0. The lowest BCUT2D eigenvalue weighted by molar-refractivity contribution is 0.0172. The number of morpholine rings is 1. The van der Waals surface area contributed by atoms with Crippen molar-refractivity contribution in [1.29, 1.82) is 5.26 Å². The number of hydrogen-bond donors (Lipinski definition) is 0. The Balaban J connectivity index is 2.50. The normalized spacial score (nSPS) is 23.5. The minimum absolute atomic E-state index is 0.0777. The van der Waals surface area contributed by atoms with Gasteiger partial charge in [0.25, 0.3) is 0 Å². The Morgan fingerprint density at radius 3 is 2.54 bits per heavy atom. The van der Waals surface area contributed by atoms with Gasteiger partial charge in [-0.2, -0.15) is 5.26 Å². The van der Waals surface area contributed by atoms with E-state index >= 15 is 0 Å². The summed E-state index contributed by atoms with van der Waals surface area (Å²) in [4.78, 5) is 2.23. The Labute approximate surface area is 80.3 Å². The maximum atomic E-state index is 9.05. The van der Waals surface area contributed by atoms with Gasteiger partial charge >= 0.3 is 0 Å². The first-order valence-corrected chi connectivity index (χ1v) is 5.01. The summed E-state index contributed by atoms with van der Waals surface area (Å²) in [5, 5.41) is 9.05. The molecule has 0 bridgehead atoms. The monoisotopic (exact) mass is 182 g/mol. The van der Waals surface area contributed by atoms with Gasteiger partial charge in [0.1, 0.15) is 6.04 Å². The van der Waals surface area contributed by atoms with E-state index in [0.29, 0.717) is 5.92 Å². The third-order valence-corrected chi connectivity index (χ3v) is 2.75. The van der Waals surface area contributed by atoms with Crippen LogP contribution in [0.2, 0.25) is 0 Å². The molecular formula is C10H18N2O. The van der Waals surface area contributed by atoms with Gasteiger partial charge in [0, 0.05) is 13.1 Å². The molecule has 2 atom stereocenters. The Bertz CT molecular complexity index is 182. The van der Waals surface area contributed by atoms with Crippen molar-refractivity contribution in [2.45, 2.75) is 26.3 Å². The first-order chi connectivity index (χ1) is 6.29. The van der Waals surface area contributed by atoms with Gasteiger partial charge in [-0.1, -0.05) is 20.3 Å². The standard InChI is InChI=1S/C10H18N2O/c1-3-9(2)10(8-11)12-4-6-13-7-5-12/h9-10H,3-7H2,1-2H3. The van der Waals surface area contributed by atoms with Crippen LogP contribution in [0.4, 0.5) is 0 Å². The van der Waals surface area contributed by atoms with Crippen molar-refractivity contribution in [3.63, 3.8) is 0 Å². The number of ether oxygens (including phenoxy) is 1. The number of nitriles is 1. The van der Waals surface area contributed by atoms with Crippen LogP contribution in [0.25, 0.3) is 0 Å². The van der Waals surface area contributed by atoms with Crippen molar-refractivity contribution in [2.24, 2.45) is 5.92 Å². The molecule has 1 aliphatic heterocycles. The van der Waals surface area contributed by atoms with Crippen LogP contribution in [0, 0.1) is 17.2 Å². The fourth-order valence-corrected chi connectivity index (χ4v) is 1.65. The summed E-state index contributed by atoms with van der Waals surface area (Å²) in [6.45, 7) is 7.63. The summed E-state index contributed by atoms with van der Waals surface area (Å²) in [6.07, 6.45) is 1.07. The van der Waals surface area contributed by atoms with E-state index in [2.05, 4.69) is 24.8 Å². The first kappa shape index (κ1) is 10.5. The molecule has 1 fully saturated rings. The van der Waals surface area contributed by atoms with Gasteiger partial charge < -0.3 is 4.74 Å². The minimum Gasteiger partial charge on any atom is -0.379 e. The van der Waals surface area contributed by atoms with Crippen molar-refractivity contribution in [2.75, 3.05) is 26.3 Å². The number of rotatable bonds is 3. The van der Waals surface area contributed by atoms with Gasteiger partial charge in [0.2, 0.25) is 0 Å². The third kappa shape index (κ3) is 2.68. The summed E-state index contributed by atoms with van der Waals surface area (Å²) in [6, 6.07) is 2.47. The van der Waals surface area contributed by atoms with E-state index in [-0.39, 0.29) is 6.04 Å². The molecule has 3 heteroatoms. The van der Waals surface area contributed by atoms with Gasteiger partial charge in [0.15, 0.2) is 0 Å². The molecule has 0 aromatic carbocycles. The fraction of sp³-hybridized carbons (Fsp3) is 0.900. The zero-order chi connectivity index (χ0) is 9.68.